The van der Waals surface area contributed by atoms with Crippen LogP contribution in [0.4, 0.5) is 0 Å². The number of carbonyl (C=O) groups excluding carboxylic acids is 2. The lowest BCUT2D eigenvalue weighted by Crippen LogP contribution is -2.47. The van der Waals surface area contributed by atoms with Crippen molar-refractivity contribution < 1.29 is 9.59 Å². The molecule has 1 aromatic heterocycles. The quantitative estimate of drug-likeness (QED) is 0.825. The number of aromatic nitrogens is 1. The minimum absolute atomic E-state index is 0.0541. The van der Waals surface area contributed by atoms with Gasteiger partial charge in [0.05, 0.1) is 0 Å². The molecule has 0 unspecified atom stereocenters. The Morgan fingerprint density at radius 3 is 3.28 bits per heavy atom. The predicted molar refractivity (Wildman–Crippen MR) is 70.0 cm³/mol. The van der Waals surface area contributed by atoms with Crippen molar-refractivity contribution in [3.63, 3.8) is 0 Å². The second-order valence-electron chi connectivity index (χ2n) is 4.02. The van der Waals surface area contributed by atoms with E-state index in [2.05, 4.69) is 15.6 Å². The zero-order valence-electron chi connectivity index (χ0n) is 9.89. The summed E-state index contributed by atoms with van der Waals surface area (Å²) >= 11 is 1.62. The van der Waals surface area contributed by atoms with Crippen LogP contribution in [-0.4, -0.2) is 34.3 Å². The van der Waals surface area contributed by atoms with Gasteiger partial charge in [-0.15, -0.1) is 0 Å². The summed E-state index contributed by atoms with van der Waals surface area (Å²) in [6, 6.07) is 3.29. The maximum absolute atomic E-state index is 11.9. The van der Waals surface area contributed by atoms with E-state index >= 15 is 0 Å². The number of hydrogen-bond donors (Lipinski definition) is 2. The first-order chi connectivity index (χ1) is 8.75. The monoisotopic (exact) mass is 265 g/mol. The van der Waals surface area contributed by atoms with E-state index in [1.54, 1.807) is 24.2 Å². The summed E-state index contributed by atoms with van der Waals surface area (Å²) in [5.41, 5.74) is 0.943. The first-order valence-corrected chi connectivity index (χ1v) is 6.95. The van der Waals surface area contributed by atoms with Crippen molar-refractivity contribution in [1.82, 2.24) is 15.6 Å². The lowest BCUT2D eigenvalue weighted by molar-refractivity contribution is -0.128. The van der Waals surface area contributed by atoms with E-state index in [9.17, 15) is 9.59 Å². The molecule has 6 heteroatoms. The van der Waals surface area contributed by atoms with Crippen LogP contribution in [0.15, 0.2) is 24.5 Å². The number of rotatable bonds is 3. The molecule has 0 radical (unpaired) electrons. The van der Waals surface area contributed by atoms with Gasteiger partial charge in [-0.25, -0.2) is 0 Å². The SMILES string of the molecule is O=C1CCSC[C@@H](C(=O)NCc2cccnc2)N1. The Kier molecular flexibility index (Phi) is 4.58. The Hall–Kier alpha value is -1.56. The normalized spacial score (nSPS) is 19.8. The molecule has 1 atom stereocenters. The highest BCUT2D eigenvalue weighted by atomic mass is 32.2. The first kappa shape index (κ1) is 12.9. The second kappa shape index (κ2) is 6.39. The van der Waals surface area contributed by atoms with Gasteiger partial charge in [-0.1, -0.05) is 6.07 Å². The van der Waals surface area contributed by atoms with Crippen LogP contribution in [0.5, 0.6) is 0 Å². The van der Waals surface area contributed by atoms with Crippen molar-refractivity contribution in [2.75, 3.05) is 11.5 Å². The molecule has 1 aliphatic heterocycles. The van der Waals surface area contributed by atoms with E-state index in [0.717, 1.165) is 11.3 Å². The minimum atomic E-state index is -0.429. The molecule has 2 heterocycles. The smallest absolute Gasteiger partial charge is 0.243 e. The van der Waals surface area contributed by atoms with E-state index < -0.39 is 6.04 Å². The van der Waals surface area contributed by atoms with Crippen LogP contribution >= 0.6 is 11.8 Å². The summed E-state index contributed by atoms with van der Waals surface area (Å²) in [6.07, 6.45) is 3.88. The van der Waals surface area contributed by atoms with Crippen LogP contribution in [0, 0.1) is 0 Å². The molecule has 18 heavy (non-hydrogen) atoms. The molecule has 2 N–H and O–H groups in total. The van der Waals surface area contributed by atoms with Crippen LogP contribution < -0.4 is 10.6 Å². The Labute approximate surface area is 110 Å². The summed E-state index contributed by atoms with van der Waals surface area (Å²) in [4.78, 5) is 27.2. The van der Waals surface area contributed by atoms with E-state index in [1.165, 1.54) is 0 Å². The number of amides is 2. The van der Waals surface area contributed by atoms with Gasteiger partial charge in [-0.2, -0.15) is 11.8 Å². The number of nitrogens with zero attached hydrogens (tertiary/aromatic N) is 1. The second-order valence-corrected chi connectivity index (χ2v) is 5.17. The number of hydrogen-bond acceptors (Lipinski definition) is 4. The van der Waals surface area contributed by atoms with Crippen LogP contribution in [0.25, 0.3) is 0 Å². The van der Waals surface area contributed by atoms with Gasteiger partial charge >= 0.3 is 0 Å². The van der Waals surface area contributed by atoms with Crippen molar-refractivity contribution in [3.05, 3.63) is 30.1 Å². The number of thioether (sulfide) groups is 1. The molecule has 1 fully saturated rings. The largest absolute Gasteiger partial charge is 0.350 e. The fraction of sp³-hybridized carbons (Fsp3) is 0.417. The highest BCUT2D eigenvalue weighted by Gasteiger charge is 2.22. The highest BCUT2D eigenvalue weighted by molar-refractivity contribution is 7.99. The van der Waals surface area contributed by atoms with Gasteiger partial charge < -0.3 is 10.6 Å². The van der Waals surface area contributed by atoms with Gasteiger partial charge in [0.25, 0.3) is 0 Å². The average molecular weight is 265 g/mol. The summed E-state index contributed by atoms with van der Waals surface area (Å²) in [7, 11) is 0. The minimum Gasteiger partial charge on any atom is -0.350 e. The molecular weight excluding hydrogens is 250 g/mol. The van der Waals surface area contributed by atoms with Gasteiger partial charge in [0, 0.05) is 36.9 Å². The third kappa shape index (κ3) is 3.73. The fourth-order valence-electron chi connectivity index (χ4n) is 1.63. The van der Waals surface area contributed by atoms with E-state index in [-0.39, 0.29) is 11.8 Å². The maximum atomic E-state index is 11.9. The third-order valence-corrected chi connectivity index (χ3v) is 3.66. The molecule has 1 aromatic rings. The first-order valence-electron chi connectivity index (χ1n) is 5.79. The lowest BCUT2D eigenvalue weighted by Gasteiger charge is -2.15. The lowest BCUT2D eigenvalue weighted by atomic mass is 10.2. The molecule has 2 rings (SSSR count). The fourth-order valence-corrected chi connectivity index (χ4v) is 2.60. The topological polar surface area (TPSA) is 71.1 Å². The van der Waals surface area contributed by atoms with E-state index in [0.29, 0.717) is 18.7 Å². The third-order valence-electron chi connectivity index (χ3n) is 2.60. The van der Waals surface area contributed by atoms with Crippen LogP contribution in [0.3, 0.4) is 0 Å². The number of nitrogens with one attached hydrogen (secondary N) is 2. The molecule has 96 valence electrons. The zero-order chi connectivity index (χ0) is 12.8. The van der Waals surface area contributed by atoms with Crippen LogP contribution in [0.2, 0.25) is 0 Å². The summed E-state index contributed by atoms with van der Waals surface area (Å²) in [5, 5.41) is 5.54. The molecule has 1 aliphatic rings. The summed E-state index contributed by atoms with van der Waals surface area (Å²) in [5.74, 6) is 1.21. The molecule has 2 amide bonds. The summed E-state index contributed by atoms with van der Waals surface area (Å²) in [6.45, 7) is 0.434. The number of carbonyl (C=O) groups is 2. The Balaban J connectivity index is 1.85. The molecule has 0 spiro atoms. The Bertz CT molecular complexity index is 425. The molecule has 0 bridgehead atoms. The summed E-state index contributed by atoms with van der Waals surface area (Å²) < 4.78 is 0. The highest BCUT2D eigenvalue weighted by Crippen LogP contribution is 2.09. The molecule has 0 aliphatic carbocycles. The van der Waals surface area contributed by atoms with E-state index in [1.807, 2.05) is 12.1 Å². The maximum Gasteiger partial charge on any atom is 0.243 e. The van der Waals surface area contributed by atoms with Gasteiger partial charge in [0.15, 0.2) is 0 Å². The van der Waals surface area contributed by atoms with Gasteiger partial charge in [0.2, 0.25) is 11.8 Å². The van der Waals surface area contributed by atoms with Crippen LogP contribution in [0.1, 0.15) is 12.0 Å². The Morgan fingerprint density at radius 1 is 1.61 bits per heavy atom. The molecule has 0 aromatic carbocycles. The van der Waals surface area contributed by atoms with Crippen molar-refractivity contribution in [1.29, 1.82) is 0 Å². The van der Waals surface area contributed by atoms with Crippen molar-refractivity contribution in [3.8, 4) is 0 Å². The standard InChI is InChI=1S/C12H15N3O2S/c16-11-3-5-18-8-10(15-11)12(17)14-7-9-2-1-4-13-6-9/h1-2,4,6,10H,3,5,7-8H2,(H,14,17)(H,15,16)/t10-/m0/s1. The number of pyridine rings is 1. The van der Waals surface area contributed by atoms with Gasteiger partial charge in [-0.05, 0) is 11.6 Å². The van der Waals surface area contributed by atoms with Gasteiger partial charge in [-0.3, -0.25) is 14.6 Å². The predicted octanol–water partition coefficient (Wildman–Crippen LogP) is 0.319. The Morgan fingerprint density at radius 2 is 2.50 bits per heavy atom. The van der Waals surface area contributed by atoms with Crippen molar-refractivity contribution in [2.24, 2.45) is 0 Å². The molecular formula is C12H15N3O2S. The van der Waals surface area contributed by atoms with Crippen molar-refractivity contribution in [2.45, 2.75) is 19.0 Å². The van der Waals surface area contributed by atoms with Crippen molar-refractivity contribution >= 4 is 23.6 Å². The van der Waals surface area contributed by atoms with Crippen LogP contribution in [-0.2, 0) is 16.1 Å². The molecule has 5 nitrogen and oxygen atoms in total. The zero-order valence-corrected chi connectivity index (χ0v) is 10.7. The average Bonchev–Trinajstić information content (AvgIpc) is 2.62. The molecule has 0 saturated carbocycles. The molecule has 1 saturated heterocycles. The van der Waals surface area contributed by atoms with E-state index in [4.69, 9.17) is 0 Å². The van der Waals surface area contributed by atoms with Gasteiger partial charge in [0.1, 0.15) is 6.04 Å².